The van der Waals surface area contributed by atoms with Crippen molar-refractivity contribution in [2.75, 3.05) is 7.05 Å². The van der Waals surface area contributed by atoms with Gasteiger partial charge in [-0.2, -0.15) is 0 Å². The molecular formula is C19H20N2. The molecule has 0 bridgehead atoms. The Morgan fingerprint density at radius 2 is 1.86 bits per heavy atom. The van der Waals surface area contributed by atoms with Crippen LogP contribution in [0.3, 0.4) is 0 Å². The van der Waals surface area contributed by atoms with E-state index < -0.39 is 0 Å². The van der Waals surface area contributed by atoms with Crippen LogP contribution in [-0.2, 0) is 0 Å². The molecule has 3 aromatic rings. The summed E-state index contributed by atoms with van der Waals surface area (Å²) in [6, 6.07) is 19.6. The van der Waals surface area contributed by atoms with Gasteiger partial charge < -0.3 is 5.32 Å². The van der Waals surface area contributed by atoms with E-state index in [4.69, 9.17) is 0 Å². The molecule has 0 spiro atoms. The lowest BCUT2D eigenvalue weighted by Crippen LogP contribution is -2.15. The van der Waals surface area contributed by atoms with Crippen molar-refractivity contribution >= 4 is 10.9 Å². The lowest BCUT2D eigenvalue weighted by atomic mass is 9.98. The van der Waals surface area contributed by atoms with Crippen LogP contribution in [0.2, 0.25) is 0 Å². The lowest BCUT2D eigenvalue weighted by molar-refractivity contribution is 0.577. The maximum atomic E-state index is 4.56. The first-order chi connectivity index (χ1) is 10.3. The summed E-state index contributed by atoms with van der Waals surface area (Å²) in [5.74, 6) is 0. The molecule has 1 aromatic heterocycles. The summed E-state index contributed by atoms with van der Waals surface area (Å²) in [6.45, 7) is 2.20. The molecule has 3 rings (SSSR count). The van der Waals surface area contributed by atoms with Gasteiger partial charge in [0, 0.05) is 23.2 Å². The minimum absolute atomic E-state index is 0.401. The fraction of sp³-hybridized carbons (Fsp3) is 0.211. The summed E-state index contributed by atoms with van der Waals surface area (Å²) in [5.41, 5.74) is 4.76. The van der Waals surface area contributed by atoms with E-state index in [1.807, 2.05) is 25.4 Å². The standard InChI is InChI=1S/C19H20N2/c1-3-18(20-2)15-9-6-8-14(11-15)17-12-16-7-4-5-10-19(16)21-13-17/h4-13,18,20H,3H2,1-2H3. The average Bonchev–Trinajstić information content (AvgIpc) is 2.56. The van der Waals surface area contributed by atoms with Crippen molar-refractivity contribution in [1.29, 1.82) is 0 Å². The molecule has 0 saturated heterocycles. The molecular weight excluding hydrogens is 256 g/mol. The van der Waals surface area contributed by atoms with Crippen molar-refractivity contribution in [2.24, 2.45) is 0 Å². The third-order valence-corrected chi connectivity index (χ3v) is 3.97. The SMILES string of the molecule is CCC(NC)c1cccc(-c2cnc3ccccc3c2)c1. The summed E-state index contributed by atoms with van der Waals surface area (Å²) in [5, 5.41) is 4.54. The van der Waals surface area contributed by atoms with E-state index in [0.717, 1.165) is 11.9 Å². The molecule has 0 aliphatic rings. The van der Waals surface area contributed by atoms with E-state index in [0.29, 0.717) is 6.04 Å². The average molecular weight is 276 g/mol. The van der Waals surface area contributed by atoms with Gasteiger partial charge in [0.1, 0.15) is 0 Å². The number of hydrogen-bond acceptors (Lipinski definition) is 2. The molecule has 0 fully saturated rings. The van der Waals surface area contributed by atoms with E-state index in [-0.39, 0.29) is 0 Å². The quantitative estimate of drug-likeness (QED) is 0.755. The van der Waals surface area contributed by atoms with Crippen LogP contribution in [0, 0.1) is 0 Å². The van der Waals surface area contributed by atoms with Crippen molar-refractivity contribution in [3.63, 3.8) is 0 Å². The second kappa shape index (κ2) is 6.06. The normalized spacial score (nSPS) is 12.5. The van der Waals surface area contributed by atoms with Gasteiger partial charge in [0.25, 0.3) is 0 Å². The monoisotopic (exact) mass is 276 g/mol. The topological polar surface area (TPSA) is 24.9 Å². The van der Waals surface area contributed by atoms with Crippen molar-refractivity contribution in [3.05, 3.63) is 66.4 Å². The molecule has 2 aromatic carbocycles. The van der Waals surface area contributed by atoms with Gasteiger partial charge in [0.15, 0.2) is 0 Å². The van der Waals surface area contributed by atoms with Crippen molar-refractivity contribution in [2.45, 2.75) is 19.4 Å². The number of fused-ring (bicyclic) bond motifs is 1. The second-order valence-corrected chi connectivity index (χ2v) is 5.29. The molecule has 2 nitrogen and oxygen atoms in total. The van der Waals surface area contributed by atoms with Crippen LogP contribution < -0.4 is 5.32 Å². The first kappa shape index (κ1) is 13.8. The summed E-state index contributed by atoms with van der Waals surface area (Å²) in [7, 11) is 2.01. The number of rotatable bonds is 4. The number of nitrogens with one attached hydrogen (secondary N) is 1. The molecule has 0 saturated carbocycles. The summed E-state index contributed by atoms with van der Waals surface area (Å²) in [6.07, 6.45) is 3.04. The number of hydrogen-bond donors (Lipinski definition) is 1. The van der Waals surface area contributed by atoms with Crippen LogP contribution in [-0.4, -0.2) is 12.0 Å². The Kier molecular flexibility index (Phi) is 3.98. The molecule has 0 radical (unpaired) electrons. The van der Waals surface area contributed by atoms with Crippen LogP contribution >= 0.6 is 0 Å². The zero-order chi connectivity index (χ0) is 14.7. The molecule has 1 N–H and O–H groups in total. The molecule has 21 heavy (non-hydrogen) atoms. The number of para-hydroxylation sites is 1. The minimum atomic E-state index is 0.401. The van der Waals surface area contributed by atoms with Gasteiger partial charge in [-0.15, -0.1) is 0 Å². The van der Waals surface area contributed by atoms with Crippen molar-refractivity contribution in [3.8, 4) is 11.1 Å². The predicted octanol–water partition coefficient (Wildman–Crippen LogP) is 4.57. The summed E-state index contributed by atoms with van der Waals surface area (Å²) in [4.78, 5) is 4.56. The molecule has 0 aliphatic heterocycles. The van der Waals surface area contributed by atoms with E-state index in [9.17, 15) is 0 Å². The Morgan fingerprint density at radius 3 is 2.67 bits per heavy atom. The summed E-state index contributed by atoms with van der Waals surface area (Å²) < 4.78 is 0. The zero-order valence-corrected chi connectivity index (χ0v) is 12.5. The Hall–Kier alpha value is -2.19. The number of pyridine rings is 1. The van der Waals surface area contributed by atoms with E-state index in [2.05, 4.69) is 59.7 Å². The highest BCUT2D eigenvalue weighted by atomic mass is 14.9. The largest absolute Gasteiger partial charge is 0.313 e. The maximum Gasteiger partial charge on any atom is 0.0702 e. The van der Waals surface area contributed by atoms with Gasteiger partial charge in [-0.3, -0.25) is 4.98 Å². The van der Waals surface area contributed by atoms with E-state index in [1.165, 1.54) is 22.1 Å². The third-order valence-electron chi connectivity index (χ3n) is 3.97. The lowest BCUT2D eigenvalue weighted by Gasteiger charge is -2.15. The van der Waals surface area contributed by atoms with Crippen molar-refractivity contribution < 1.29 is 0 Å². The van der Waals surface area contributed by atoms with Gasteiger partial charge in [-0.1, -0.05) is 43.3 Å². The first-order valence-electron chi connectivity index (χ1n) is 7.44. The molecule has 0 aliphatic carbocycles. The van der Waals surface area contributed by atoms with Gasteiger partial charge in [0.2, 0.25) is 0 Å². The fourth-order valence-electron chi connectivity index (χ4n) is 2.77. The van der Waals surface area contributed by atoms with Crippen LogP contribution in [0.4, 0.5) is 0 Å². The zero-order valence-electron chi connectivity index (χ0n) is 12.5. The van der Waals surface area contributed by atoms with Crippen LogP contribution in [0.5, 0.6) is 0 Å². The summed E-state index contributed by atoms with van der Waals surface area (Å²) >= 11 is 0. The molecule has 1 heterocycles. The number of benzene rings is 2. The highest BCUT2D eigenvalue weighted by Crippen LogP contribution is 2.26. The smallest absolute Gasteiger partial charge is 0.0702 e. The Balaban J connectivity index is 2.03. The van der Waals surface area contributed by atoms with Gasteiger partial charge in [-0.25, -0.2) is 0 Å². The molecule has 106 valence electrons. The van der Waals surface area contributed by atoms with Crippen LogP contribution in [0.1, 0.15) is 24.9 Å². The maximum absolute atomic E-state index is 4.56. The minimum Gasteiger partial charge on any atom is -0.313 e. The van der Waals surface area contributed by atoms with Gasteiger partial charge >= 0.3 is 0 Å². The Morgan fingerprint density at radius 1 is 1.00 bits per heavy atom. The van der Waals surface area contributed by atoms with Gasteiger partial charge in [-0.05, 0) is 42.8 Å². The van der Waals surface area contributed by atoms with E-state index in [1.54, 1.807) is 0 Å². The van der Waals surface area contributed by atoms with Crippen LogP contribution in [0.25, 0.3) is 22.0 Å². The predicted molar refractivity (Wildman–Crippen MR) is 89.3 cm³/mol. The van der Waals surface area contributed by atoms with Gasteiger partial charge in [0.05, 0.1) is 5.52 Å². The Bertz CT molecular complexity index is 745. The van der Waals surface area contributed by atoms with Crippen LogP contribution in [0.15, 0.2) is 60.8 Å². The highest BCUT2D eigenvalue weighted by molar-refractivity contribution is 5.83. The molecule has 0 amide bonds. The fourth-order valence-corrected chi connectivity index (χ4v) is 2.77. The first-order valence-corrected chi connectivity index (χ1v) is 7.44. The number of aromatic nitrogens is 1. The van der Waals surface area contributed by atoms with Crippen molar-refractivity contribution in [1.82, 2.24) is 10.3 Å². The molecule has 1 unspecified atom stereocenters. The number of nitrogens with zero attached hydrogens (tertiary/aromatic N) is 1. The molecule has 2 heteroatoms. The Labute approximate surface area is 125 Å². The third kappa shape index (κ3) is 2.81. The second-order valence-electron chi connectivity index (χ2n) is 5.29. The highest BCUT2D eigenvalue weighted by Gasteiger charge is 2.08. The van der Waals surface area contributed by atoms with E-state index >= 15 is 0 Å². The molecule has 1 atom stereocenters.